The molecule has 0 saturated heterocycles. The average Bonchev–Trinajstić information content (AvgIpc) is 3.32. The highest BCUT2D eigenvalue weighted by Gasteiger charge is 2.47. The van der Waals surface area contributed by atoms with E-state index in [0.717, 1.165) is 27.7 Å². The van der Waals surface area contributed by atoms with Crippen molar-refractivity contribution in [2.75, 3.05) is 5.32 Å². The Kier molecular flexibility index (Phi) is 6.78. The molecule has 1 aliphatic heterocycles. The van der Waals surface area contributed by atoms with E-state index in [1.54, 1.807) is 23.1 Å². The Labute approximate surface area is 227 Å². The largest absolute Gasteiger partial charge is 0.348 e. The topological polar surface area (TPSA) is 54.3 Å². The lowest BCUT2D eigenvalue weighted by Gasteiger charge is -2.36. The van der Waals surface area contributed by atoms with Crippen molar-refractivity contribution < 1.29 is 9.59 Å². The number of nitrogens with one attached hydrogen (secondary N) is 1. The van der Waals surface area contributed by atoms with E-state index in [4.69, 9.17) is 23.2 Å². The first-order chi connectivity index (χ1) is 17.8. The smallest absolute Gasteiger partial charge is 0.255 e. The van der Waals surface area contributed by atoms with Crippen LogP contribution in [0.15, 0.2) is 66.7 Å². The van der Waals surface area contributed by atoms with Gasteiger partial charge in [0.05, 0.1) is 21.8 Å². The number of rotatable bonds is 6. The van der Waals surface area contributed by atoms with Crippen LogP contribution in [0.5, 0.6) is 0 Å². The fourth-order valence-corrected chi connectivity index (χ4v) is 5.85. The first-order valence-electron chi connectivity index (χ1n) is 12.5. The lowest BCUT2D eigenvalue weighted by atomic mass is 9.91. The van der Waals surface area contributed by atoms with Gasteiger partial charge in [0.25, 0.3) is 5.91 Å². The monoisotopic (exact) mass is 533 g/mol. The second kappa shape index (κ2) is 9.88. The van der Waals surface area contributed by atoms with Crippen molar-refractivity contribution in [1.29, 1.82) is 0 Å². The lowest BCUT2D eigenvalue weighted by molar-refractivity contribution is -0.122. The van der Waals surface area contributed by atoms with Crippen molar-refractivity contribution in [3.8, 4) is 0 Å². The number of aryl methyl sites for hydroxylation is 1. The molecule has 1 aromatic heterocycles. The number of amides is 2. The zero-order chi connectivity index (χ0) is 26.4. The normalized spacial score (nSPS) is 16.6. The molecular weight excluding hydrogens is 505 g/mol. The Morgan fingerprint density at radius 2 is 1.73 bits per heavy atom. The van der Waals surface area contributed by atoms with Crippen molar-refractivity contribution in [3.63, 3.8) is 0 Å². The molecule has 37 heavy (non-hydrogen) atoms. The van der Waals surface area contributed by atoms with Crippen LogP contribution in [-0.4, -0.2) is 27.3 Å². The molecule has 0 saturated carbocycles. The molecule has 2 heterocycles. The van der Waals surface area contributed by atoms with Gasteiger partial charge in [-0.3, -0.25) is 9.59 Å². The van der Waals surface area contributed by atoms with Crippen LogP contribution >= 0.6 is 23.2 Å². The maximum atomic E-state index is 14.1. The Balaban J connectivity index is 1.69. The SMILES string of the molecule is CCC(C)C(C(=O)Nc1cccc(Cl)c1Cl)N1C(=O)c2ccccc2C1c1c(C)n(C)c2ccccc12. The number of carbonyl (C=O) groups excluding carboxylic acids is 2. The molecule has 2 amide bonds. The van der Waals surface area contributed by atoms with Crippen LogP contribution in [0.1, 0.15) is 53.5 Å². The van der Waals surface area contributed by atoms with E-state index in [9.17, 15) is 9.59 Å². The van der Waals surface area contributed by atoms with Gasteiger partial charge in [-0.25, -0.2) is 0 Å². The molecule has 190 valence electrons. The van der Waals surface area contributed by atoms with Crippen molar-refractivity contribution in [2.24, 2.45) is 13.0 Å². The summed E-state index contributed by atoms with van der Waals surface area (Å²) < 4.78 is 2.15. The van der Waals surface area contributed by atoms with Gasteiger partial charge in [0.1, 0.15) is 6.04 Å². The molecule has 5 nitrogen and oxygen atoms in total. The summed E-state index contributed by atoms with van der Waals surface area (Å²) in [6.07, 6.45) is 0.711. The summed E-state index contributed by atoms with van der Waals surface area (Å²) in [6, 6.07) is 19.9. The first kappa shape index (κ1) is 25.4. The fraction of sp³-hybridized carbons (Fsp3) is 0.267. The number of carbonyl (C=O) groups is 2. The maximum absolute atomic E-state index is 14.1. The second-order valence-corrected chi connectivity index (χ2v) is 10.5. The zero-order valence-corrected chi connectivity index (χ0v) is 22.8. The van der Waals surface area contributed by atoms with Gasteiger partial charge in [0, 0.05) is 34.8 Å². The Morgan fingerprint density at radius 3 is 2.49 bits per heavy atom. The molecule has 5 rings (SSSR count). The highest BCUT2D eigenvalue weighted by molar-refractivity contribution is 6.44. The van der Waals surface area contributed by atoms with Gasteiger partial charge in [0.15, 0.2) is 0 Å². The summed E-state index contributed by atoms with van der Waals surface area (Å²) in [6.45, 7) is 6.11. The first-order valence-corrected chi connectivity index (χ1v) is 13.2. The number of anilines is 1. The van der Waals surface area contributed by atoms with Crippen molar-refractivity contribution in [1.82, 2.24) is 9.47 Å². The molecule has 0 aliphatic carbocycles. The van der Waals surface area contributed by atoms with Crippen LogP contribution in [0.3, 0.4) is 0 Å². The number of para-hydroxylation sites is 1. The van der Waals surface area contributed by atoms with E-state index < -0.39 is 12.1 Å². The highest BCUT2D eigenvalue weighted by atomic mass is 35.5. The lowest BCUT2D eigenvalue weighted by Crippen LogP contribution is -2.50. The molecule has 3 aromatic carbocycles. The number of hydrogen-bond donors (Lipinski definition) is 1. The summed E-state index contributed by atoms with van der Waals surface area (Å²) in [5.41, 5.74) is 5.15. The van der Waals surface area contributed by atoms with E-state index in [0.29, 0.717) is 22.7 Å². The van der Waals surface area contributed by atoms with Gasteiger partial charge in [0.2, 0.25) is 5.91 Å². The number of halogens is 2. The van der Waals surface area contributed by atoms with Gasteiger partial charge in [-0.2, -0.15) is 0 Å². The van der Waals surface area contributed by atoms with Gasteiger partial charge >= 0.3 is 0 Å². The molecule has 4 aromatic rings. The highest BCUT2D eigenvalue weighted by Crippen LogP contribution is 2.45. The quantitative estimate of drug-likeness (QED) is 0.280. The van der Waals surface area contributed by atoms with Crippen LogP contribution in [0.4, 0.5) is 5.69 Å². The van der Waals surface area contributed by atoms with Crippen LogP contribution < -0.4 is 5.32 Å². The van der Waals surface area contributed by atoms with E-state index in [1.165, 1.54) is 0 Å². The molecule has 7 heteroatoms. The molecule has 3 unspecified atom stereocenters. The summed E-state index contributed by atoms with van der Waals surface area (Å²) >= 11 is 12.6. The molecule has 0 bridgehead atoms. The van der Waals surface area contributed by atoms with Crippen LogP contribution in [0, 0.1) is 12.8 Å². The third-order valence-electron chi connectivity index (χ3n) is 7.68. The molecule has 0 spiro atoms. The molecule has 3 atom stereocenters. The molecule has 0 radical (unpaired) electrons. The molecule has 0 fully saturated rings. The summed E-state index contributed by atoms with van der Waals surface area (Å²) in [5, 5.41) is 4.67. The summed E-state index contributed by atoms with van der Waals surface area (Å²) in [4.78, 5) is 29.8. The Bertz CT molecular complexity index is 1530. The second-order valence-electron chi connectivity index (χ2n) is 9.70. The average molecular weight is 534 g/mol. The minimum Gasteiger partial charge on any atom is -0.348 e. The van der Waals surface area contributed by atoms with Crippen molar-refractivity contribution in [2.45, 2.75) is 39.3 Å². The number of hydrogen-bond acceptors (Lipinski definition) is 2. The number of nitrogens with zero attached hydrogens (tertiary/aromatic N) is 2. The predicted molar refractivity (Wildman–Crippen MR) is 150 cm³/mol. The van der Waals surface area contributed by atoms with E-state index in [2.05, 4.69) is 28.9 Å². The minimum absolute atomic E-state index is 0.117. The predicted octanol–water partition coefficient (Wildman–Crippen LogP) is 7.39. The third-order valence-corrected chi connectivity index (χ3v) is 8.50. The Morgan fingerprint density at radius 1 is 1.03 bits per heavy atom. The van der Waals surface area contributed by atoms with Crippen molar-refractivity contribution in [3.05, 3.63) is 99.2 Å². The van der Waals surface area contributed by atoms with Crippen LogP contribution in [0.25, 0.3) is 10.9 Å². The number of fused-ring (bicyclic) bond motifs is 2. The minimum atomic E-state index is -0.733. The molecule has 1 aliphatic rings. The summed E-state index contributed by atoms with van der Waals surface area (Å²) in [7, 11) is 2.04. The van der Waals surface area contributed by atoms with Crippen molar-refractivity contribution >= 4 is 51.6 Å². The van der Waals surface area contributed by atoms with E-state index in [-0.39, 0.29) is 22.8 Å². The zero-order valence-electron chi connectivity index (χ0n) is 21.3. The van der Waals surface area contributed by atoms with Crippen LogP contribution in [-0.2, 0) is 11.8 Å². The maximum Gasteiger partial charge on any atom is 0.255 e. The standard InChI is InChI=1S/C30H29Cl2N3O2/c1-5-17(2)27(29(36)33-23-15-10-14-22(31)26(23)32)35-28(19-11-6-7-12-20(19)30(35)37)25-18(3)34(4)24-16-9-8-13-21(24)25/h6-17,27-28H,5H2,1-4H3,(H,33,36). The molecular formula is C30H29Cl2N3O2. The molecule has 1 N–H and O–H groups in total. The van der Waals surface area contributed by atoms with Gasteiger partial charge < -0.3 is 14.8 Å². The van der Waals surface area contributed by atoms with Gasteiger partial charge in [-0.1, -0.05) is 85.9 Å². The Hall–Kier alpha value is -3.28. The number of aromatic nitrogens is 1. The summed E-state index contributed by atoms with van der Waals surface area (Å²) in [5.74, 6) is -0.554. The van der Waals surface area contributed by atoms with Gasteiger partial charge in [-0.05, 0) is 42.7 Å². The fourth-order valence-electron chi connectivity index (χ4n) is 5.50. The number of benzene rings is 3. The van der Waals surface area contributed by atoms with E-state index in [1.807, 2.05) is 57.3 Å². The van der Waals surface area contributed by atoms with Crippen LogP contribution in [0.2, 0.25) is 10.0 Å². The van der Waals surface area contributed by atoms with E-state index >= 15 is 0 Å². The third kappa shape index (κ3) is 4.11. The van der Waals surface area contributed by atoms with Gasteiger partial charge in [-0.15, -0.1) is 0 Å².